The molecule has 0 aliphatic carbocycles. The Bertz CT molecular complexity index is 998. The first kappa shape index (κ1) is 25.7. The van der Waals surface area contributed by atoms with Gasteiger partial charge in [0.2, 0.25) is 0 Å². The zero-order valence-electron chi connectivity index (χ0n) is 18.1. The Morgan fingerprint density at radius 3 is 1.97 bits per heavy atom. The number of aliphatic carboxylic acids is 1. The lowest BCUT2D eigenvalue weighted by Gasteiger charge is -2.33. The minimum Gasteiger partial charge on any atom is -0.478 e. The van der Waals surface area contributed by atoms with Crippen LogP contribution in [-0.2, 0) is 4.79 Å². The van der Waals surface area contributed by atoms with Gasteiger partial charge in [-0.2, -0.15) is 13.2 Å². The van der Waals surface area contributed by atoms with Gasteiger partial charge in [-0.05, 0) is 56.0 Å². The quantitative estimate of drug-likeness (QED) is 0.597. The Kier molecular flexibility index (Phi) is 8.44. The summed E-state index contributed by atoms with van der Waals surface area (Å²) in [5, 5.41) is 19.3. The van der Waals surface area contributed by atoms with E-state index in [-0.39, 0.29) is 11.5 Å². The summed E-state index contributed by atoms with van der Waals surface area (Å²) in [6.07, 6.45) is -2.90. The van der Waals surface area contributed by atoms with E-state index in [1.165, 1.54) is 0 Å². The molecule has 0 saturated carbocycles. The minimum absolute atomic E-state index is 0.165. The van der Waals surface area contributed by atoms with Gasteiger partial charge in [-0.1, -0.05) is 24.6 Å². The number of hydrogen-bond acceptors (Lipinski definition) is 4. The number of aryl methyl sites for hydroxylation is 1. The first-order valence-electron chi connectivity index (χ1n) is 10.2. The van der Waals surface area contributed by atoms with Crippen molar-refractivity contribution >= 4 is 29.2 Å². The van der Waals surface area contributed by atoms with E-state index in [0.29, 0.717) is 17.2 Å². The number of halogens is 3. The average molecular weight is 466 g/mol. The third-order valence-electron chi connectivity index (χ3n) is 5.17. The summed E-state index contributed by atoms with van der Waals surface area (Å²) in [6.45, 7) is 6.01. The molecule has 0 radical (unpaired) electrons. The lowest BCUT2D eigenvalue weighted by Crippen LogP contribution is -2.33. The van der Waals surface area contributed by atoms with Gasteiger partial charge in [0.25, 0.3) is 5.91 Å². The molecule has 1 fully saturated rings. The molecule has 1 amide bonds. The van der Waals surface area contributed by atoms with Crippen LogP contribution in [-0.4, -0.2) is 47.3 Å². The Labute approximate surface area is 188 Å². The Hall–Kier alpha value is -3.56. The zero-order chi connectivity index (χ0) is 24.8. The molecular weight excluding hydrogens is 441 g/mol. The van der Waals surface area contributed by atoms with E-state index in [1.807, 2.05) is 19.1 Å². The highest BCUT2D eigenvalue weighted by atomic mass is 19.4. The van der Waals surface area contributed by atoms with Crippen LogP contribution in [0.3, 0.4) is 0 Å². The number of carboxylic acid groups (broad SMARTS) is 2. The predicted octanol–water partition coefficient (Wildman–Crippen LogP) is 4.82. The summed E-state index contributed by atoms with van der Waals surface area (Å²) in [5.41, 5.74) is 3.22. The van der Waals surface area contributed by atoms with Gasteiger partial charge in [-0.15, -0.1) is 0 Å². The van der Waals surface area contributed by atoms with Crippen LogP contribution in [0.4, 0.5) is 24.5 Å². The van der Waals surface area contributed by atoms with Crippen molar-refractivity contribution in [3.63, 3.8) is 0 Å². The first-order chi connectivity index (χ1) is 15.4. The van der Waals surface area contributed by atoms with E-state index < -0.39 is 18.1 Å². The molecule has 0 bridgehead atoms. The summed E-state index contributed by atoms with van der Waals surface area (Å²) in [6, 6.07) is 12.2. The lowest BCUT2D eigenvalue weighted by atomic mass is 9.98. The molecule has 7 nitrogen and oxygen atoms in total. The van der Waals surface area contributed by atoms with Gasteiger partial charge >= 0.3 is 18.1 Å². The second-order valence-corrected chi connectivity index (χ2v) is 7.83. The highest BCUT2D eigenvalue weighted by molar-refractivity contribution is 6.06. The molecule has 178 valence electrons. The van der Waals surface area contributed by atoms with Crippen LogP contribution in [0.25, 0.3) is 0 Å². The predicted molar refractivity (Wildman–Crippen MR) is 117 cm³/mol. The van der Waals surface area contributed by atoms with Crippen molar-refractivity contribution in [1.29, 1.82) is 0 Å². The van der Waals surface area contributed by atoms with E-state index in [0.717, 1.165) is 37.2 Å². The van der Waals surface area contributed by atoms with E-state index >= 15 is 0 Å². The van der Waals surface area contributed by atoms with Crippen LogP contribution in [0.2, 0.25) is 0 Å². The van der Waals surface area contributed by atoms with Crippen LogP contribution in [0.15, 0.2) is 42.5 Å². The zero-order valence-corrected chi connectivity index (χ0v) is 18.1. The van der Waals surface area contributed by atoms with Gasteiger partial charge in [-0.3, -0.25) is 4.79 Å². The van der Waals surface area contributed by atoms with Crippen molar-refractivity contribution in [3.8, 4) is 0 Å². The van der Waals surface area contributed by atoms with Crippen LogP contribution in [0, 0.1) is 12.8 Å². The fourth-order valence-corrected chi connectivity index (χ4v) is 3.19. The number of amides is 1. The summed E-state index contributed by atoms with van der Waals surface area (Å²) < 4.78 is 31.7. The van der Waals surface area contributed by atoms with Gasteiger partial charge in [0.05, 0.1) is 16.9 Å². The maximum atomic E-state index is 12.6. The number of piperidine rings is 1. The molecule has 1 aliphatic heterocycles. The van der Waals surface area contributed by atoms with Crippen molar-refractivity contribution in [3.05, 3.63) is 59.2 Å². The molecule has 0 atom stereocenters. The number of nitrogens with one attached hydrogen (secondary N) is 1. The van der Waals surface area contributed by atoms with Gasteiger partial charge in [-0.25, -0.2) is 9.59 Å². The first-order valence-corrected chi connectivity index (χ1v) is 10.2. The smallest absolute Gasteiger partial charge is 0.478 e. The second kappa shape index (κ2) is 10.8. The third kappa shape index (κ3) is 7.51. The van der Waals surface area contributed by atoms with Crippen LogP contribution < -0.4 is 10.2 Å². The summed E-state index contributed by atoms with van der Waals surface area (Å²) in [5.74, 6) is -3.31. The molecular formula is C23H25F3N2O5. The van der Waals surface area contributed by atoms with E-state index in [9.17, 15) is 27.9 Å². The van der Waals surface area contributed by atoms with Gasteiger partial charge in [0.1, 0.15) is 0 Å². The molecule has 1 aliphatic rings. The maximum Gasteiger partial charge on any atom is 0.490 e. The van der Waals surface area contributed by atoms with Crippen molar-refractivity contribution in [2.75, 3.05) is 23.3 Å². The van der Waals surface area contributed by atoms with Crippen molar-refractivity contribution in [1.82, 2.24) is 0 Å². The Balaban J connectivity index is 0.000000479. The summed E-state index contributed by atoms with van der Waals surface area (Å²) >= 11 is 0. The van der Waals surface area contributed by atoms with Crippen molar-refractivity contribution < 1.29 is 37.8 Å². The summed E-state index contributed by atoms with van der Waals surface area (Å²) in [7, 11) is 0. The monoisotopic (exact) mass is 466 g/mol. The van der Waals surface area contributed by atoms with Crippen LogP contribution >= 0.6 is 0 Å². The fourth-order valence-electron chi connectivity index (χ4n) is 3.19. The molecule has 0 aromatic heterocycles. The van der Waals surface area contributed by atoms with Gasteiger partial charge in [0, 0.05) is 18.7 Å². The highest BCUT2D eigenvalue weighted by Gasteiger charge is 2.38. The third-order valence-corrected chi connectivity index (χ3v) is 5.17. The number of alkyl halides is 3. The molecule has 1 saturated heterocycles. The van der Waals surface area contributed by atoms with Crippen LogP contribution in [0.5, 0.6) is 0 Å². The molecule has 10 heteroatoms. The number of carboxylic acids is 2. The molecule has 0 spiro atoms. The molecule has 33 heavy (non-hydrogen) atoms. The Morgan fingerprint density at radius 1 is 0.970 bits per heavy atom. The minimum atomic E-state index is -5.08. The molecule has 3 rings (SSSR count). The lowest BCUT2D eigenvalue weighted by molar-refractivity contribution is -0.192. The number of hydrogen-bond donors (Lipinski definition) is 3. The largest absolute Gasteiger partial charge is 0.490 e. The van der Waals surface area contributed by atoms with E-state index in [1.54, 1.807) is 30.3 Å². The topological polar surface area (TPSA) is 107 Å². The fraction of sp³-hybridized carbons (Fsp3) is 0.348. The van der Waals surface area contributed by atoms with Crippen LogP contribution in [0.1, 0.15) is 46.0 Å². The number of nitrogens with zero attached hydrogens (tertiary/aromatic N) is 1. The second-order valence-electron chi connectivity index (χ2n) is 7.83. The number of benzene rings is 2. The van der Waals surface area contributed by atoms with E-state index in [2.05, 4.69) is 17.1 Å². The maximum absolute atomic E-state index is 12.6. The average Bonchev–Trinajstić information content (AvgIpc) is 2.74. The van der Waals surface area contributed by atoms with Gasteiger partial charge < -0.3 is 20.4 Å². The molecule has 1 heterocycles. The van der Waals surface area contributed by atoms with Crippen molar-refractivity contribution in [2.24, 2.45) is 5.92 Å². The van der Waals surface area contributed by atoms with E-state index in [4.69, 9.17) is 9.90 Å². The Morgan fingerprint density at radius 2 is 1.48 bits per heavy atom. The standard InChI is InChI=1S/C21H24N2O3.C2HF3O2/c1-14-3-5-16(6-4-14)20(24)22-18-13-17(21(25)26)7-8-19(18)23-11-9-15(2)10-12-23;3-2(4,5)1(6)7/h3-8,13,15H,9-12H2,1-2H3,(H,22,24)(H,25,26);(H,6,7). The number of rotatable bonds is 4. The number of carbonyl (C=O) groups excluding carboxylic acids is 1. The molecule has 0 unspecified atom stereocenters. The number of aromatic carboxylic acids is 1. The molecule has 3 N–H and O–H groups in total. The van der Waals surface area contributed by atoms with Gasteiger partial charge in [0.15, 0.2) is 0 Å². The normalized spacial score (nSPS) is 14.2. The number of anilines is 2. The highest BCUT2D eigenvalue weighted by Crippen LogP contribution is 2.31. The SMILES string of the molecule is Cc1ccc(C(=O)Nc2cc(C(=O)O)ccc2N2CCC(C)CC2)cc1.O=C(O)C(F)(F)F. The van der Waals surface area contributed by atoms with Crippen molar-refractivity contribution in [2.45, 2.75) is 32.9 Å². The molecule has 2 aromatic rings. The number of carbonyl (C=O) groups is 3. The summed E-state index contributed by atoms with van der Waals surface area (Å²) in [4.78, 5) is 35.1. The molecule has 2 aromatic carbocycles.